The van der Waals surface area contributed by atoms with E-state index in [-0.39, 0.29) is 11.5 Å². The van der Waals surface area contributed by atoms with Crippen molar-refractivity contribution in [1.82, 2.24) is 5.32 Å². The standard InChI is InChI=1S/C17H10Cl2N2O3S/c18-12-2-1-3-13(19)11(12)8-14-15(22)21-17(25-14)20-10-6-4-9(5-7-10)16(23)24/h1-8H,(H,23,24)(H,20,21,22)/b14-8-. The van der Waals surface area contributed by atoms with Crippen molar-refractivity contribution < 1.29 is 14.7 Å². The van der Waals surface area contributed by atoms with Gasteiger partial charge in [-0.25, -0.2) is 9.79 Å². The Kier molecular flexibility index (Phi) is 5.13. The summed E-state index contributed by atoms with van der Waals surface area (Å²) in [6, 6.07) is 11.1. The molecule has 0 aromatic heterocycles. The SMILES string of the molecule is O=C1NC(=Nc2ccc(C(=O)O)cc2)S/C1=C\c1c(Cl)cccc1Cl. The third kappa shape index (κ3) is 4.04. The molecule has 0 spiro atoms. The molecule has 0 bridgehead atoms. The number of carboxylic acid groups (broad SMARTS) is 1. The van der Waals surface area contributed by atoms with Crippen LogP contribution in [0.25, 0.3) is 6.08 Å². The molecular weight excluding hydrogens is 383 g/mol. The molecule has 1 amide bonds. The van der Waals surface area contributed by atoms with E-state index in [2.05, 4.69) is 10.3 Å². The Bertz CT molecular complexity index is 904. The summed E-state index contributed by atoms with van der Waals surface area (Å²) in [5.41, 5.74) is 1.27. The molecule has 0 unspecified atom stereocenters. The van der Waals surface area contributed by atoms with E-state index in [1.54, 1.807) is 36.4 Å². The topological polar surface area (TPSA) is 78.8 Å². The van der Waals surface area contributed by atoms with Crippen LogP contribution in [0.5, 0.6) is 0 Å². The van der Waals surface area contributed by atoms with E-state index in [0.717, 1.165) is 11.8 Å². The van der Waals surface area contributed by atoms with Crippen LogP contribution in [0.2, 0.25) is 10.0 Å². The number of amidine groups is 1. The monoisotopic (exact) mass is 392 g/mol. The second-order valence-corrected chi connectivity index (χ2v) is 6.81. The summed E-state index contributed by atoms with van der Waals surface area (Å²) in [5.74, 6) is -1.31. The largest absolute Gasteiger partial charge is 0.478 e. The minimum Gasteiger partial charge on any atom is -0.478 e. The van der Waals surface area contributed by atoms with Crippen LogP contribution in [0.4, 0.5) is 5.69 Å². The summed E-state index contributed by atoms with van der Waals surface area (Å²) in [6.45, 7) is 0. The van der Waals surface area contributed by atoms with Crippen LogP contribution in [0.1, 0.15) is 15.9 Å². The summed E-state index contributed by atoms with van der Waals surface area (Å²) < 4.78 is 0. The van der Waals surface area contributed by atoms with Gasteiger partial charge in [-0.3, -0.25) is 4.79 Å². The molecule has 1 aliphatic heterocycles. The van der Waals surface area contributed by atoms with Crippen molar-refractivity contribution in [1.29, 1.82) is 0 Å². The summed E-state index contributed by atoms with van der Waals surface area (Å²) in [5, 5.41) is 12.8. The van der Waals surface area contributed by atoms with Crippen LogP contribution >= 0.6 is 35.0 Å². The highest BCUT2D eigenvalue weighted by atomic mass is 35.5. The molecule has 0 saturated carbocycles. The summed E-state index contributed by atoms with van der Waals surface area (Å²) in [6.07, 6.45) is 1.61. The van der Waals surface area contributed by atoms with Gasteiger partial charge in [0.2, 0.25) is 0 Å². The van der Waals surface area contributed by atoms with Crippen molar-refractivity contribution in [2.75, 3.05) is 0 Å². The van der Waals surface area contributed by atoms with E-state index in [4.69, 9.17) is 28.3 Å². The Morgan fingerprint density at radius 1 is 1.12 bits per heavy atom. The number of nitrogens with zero attached hydrogens (tertiary/aromatic N) is 1. The zero-order chi connectivity index (χ0) is 18.0. The molecule has 1 aliphatic rings. The molecule has 2 N–H and O–H groups in total. The fourth-order valence-electron chi connectivity index (χ4n) is 2.06. The van der Waals surface area contributed by atoms with Gasteiger partial charge in [0.05, 0.1) is 16.2 Å². The molecule has 25 heavy (non-hydrogen) atoms. The van der Waals surface area contributed by atoms with Gasteiger partial charge < -0.3 is 10.4 Å². The van der Waals surface area contributed by atoms with Gasteiger partial charge in [-0.05, 0) is 54.2 Å². The van der Waals surface area contributed by atoms with Crippen LogP contribution in [-0.4, -0.2) is 22.2 Å². The second kappa shape index (κ2) is 7.31. The zero-order valence-corrected chi connectivity index (χ0v) is 14.8. The Morgan fingerprint density at radius 3 is 2.36 bits per heavy atom. The van der Waals surface area contributed by atoms with Crippen LogP contribution in [0.15, 0.2) is 52.4 Å². The van der Waals surface area contributed by atoms with Crippen molar-refractivity contribution in [2.24, 2.45) is 4.99 Å². The molecule has 1 heterocycles. The average molecular weight is 393 g/mol. The van der Waals surface area contributed by atoms with Gasteiger partial charge in [-0.15, -0.1) is 0 Å². The molecule has 0 radical (unpaired) electrons. The van der Waals surface area contributed by atoms with Crippen molar-refractivity contribution in [3.8, 4) is 0 Å². The molecule has 126 valence electrons. The first-order valence-corrected chi connectivity index (χ1v) is 8.58. The molecule has 1 saturated heterocycles. The predicted molar refractivity (Wildman–Crippen MR) is 101 cm³/mol. The summed E-state index contributed by atoms with van der Waals surface area (Å²) in [7, 11) is 0. The fourth-order valence-corrected chi connectivity index (χ4v) is 3.39. The van der Waals surface area contributed by atoms with E-state index in [0.29, 0.717) is 31.4 Å². The quantitative estimate of drug-likeness (QED) is 0.748. The van der Waals surface area contributed by atoms with E-state index >= 15 is 0 Å². The third-order valence-electron chi connectivity index (χ3n) is 3.27. The van der Waals surface area contributed by atoms with Gasteiger partial charge in [0.1, 0.15) is 0 Å². The first-order valence-electron chi connectivity index (χ1n) is 7.01. The number of carbonyl (C=O) groups is 2. The maximum absolute atomic E-state index is 12.1. The van der Waals surface area contributed by atoms with E-state index in [9.17, 15) is 9.59 Å². The molecule has 8 heteroatoms. The highest BCUT2D eigenvalue weighted by Gasteiger charge is 2.24. The number of carbonyl (C=O) groups excluding carboxylic acids is 1. The van der Waals surface area contributed by atoms with Crippen LogP contribution < -0.4 is 5.32 Å². The molecule has 1 fully saturated rings. The lowest BCUT2D eigenvalue weighted by Gasteiger charge is -2.01. The van der Waals surface area contributed by atoms with Gasteiger partial charge >= 0.3 is 5.97 Å². The number of hydrogen-bond donors (Lipinski definition) is 2. The van der Waals surface area contributed by atoms with Crippen molar-refractivity contribution in [2.45, 2.75) is 0 Å². The fraction of sp³-hybridized carbons (Fsp3) is 0. The number of hydrogen-bond acceptors (Lipinski definition) is 4. The van der Waals surface area contributed by atoms with Gasteiger partial charge in [0.15, 0.2) is 5.17 Å². The minimum atomic E-state index is -1.01. The van der Waals surface area contributed by atoms with Crippen LogP contribution in [0.3, 0.4) is 0 Å². The molecular formula is C17H10Cl2N2O3S. The molecule has 5 nitrogen and oxygen atoms in total. The van der Waals surface area contributed by atoms with Crippen molar-refractivity contribution >= 4 is 63.8 Å². The number of halogens is 2. The number of thioether (sulfide) groups is 1. The summed E-state index contributed by atoms with van der Waals surface area (Å²) >= 11 is 13.4. The molecule has 2 aromatic rings. The molecule has 0 aliphatic carbocycles. The zero-order valence-electron chi connectivity index (χ0n) is 12.5. The average Bonchev–Trinajstić information content (AvgIpc) is 2.91. The highest BCUT2D eigenvalue weighted by molar-refractivity contribution is 8.18. The highest BCUT2D eigenvalue weighted by Crippen LogP contribution is 2.32. The normalized spacial score (nSPS) is 17.1. The van der Waals surface area contributed by atoms with Gasteiger partial charge in [-0.2, -0.15) is 0 Å². The van der Waals surface area contributed by atoms with Crippen molar-refractivity contribution in [3.05, 3.63) is 68.5 Å². The third-order valence-corrected chi connectivity index (χ3v) is 4.84. The Balaban J connectivity index is 1.85. The van der Waals surface area contributed by atoms with E-state index in [1.807, 2.05) is 0 Å². The van der Waals surface area contributed by atoms with E-state index < -0.39 is 5.97 Å². The van der Waals surface area contributed by atoms with Gasteiger partial charge in [0.25, 0.3) is 5.91 Å². The number of rotatable bonds is 3. The number of benzene rings is 2. The second-order valence-electron chi connectivity index (χ2n) is 4.97. The molecule has 0 atom stereocenters. The number of amides is 1. The van der Waals surface area contributed by atoms with Crippen LogP contribution in [-0.2, 0) is 4.79 Å². The van der Waals surface area contributed by atoms with Crippen LogP contribution in [0, 0.1) is 0 Å². The number of aromatic carboxylic acids is 1. The maximum Gasteiger partial charge on any atom is 0.335 e. The smallest absolute Gasteiger partial charge is 0.335 e. The molecule has 3 rings (SSSR count). The number of aliphatic imine (C=N–C) groups is 1. The lowest BCUT2D eigenvalue weighted by Crippen LogP contribution is -2.19. The van der Waals surface area contributed by atoms with E-state index in [1.165, 1.54) is 12.1 Å². The first kappa shape index (κ1) is 17.5. The molecule has 2 aromatic carbocycles. The minimum absolute atomic E-state index is 0.168. The number of nitrogens with one attached hydrogen (secondary N) is 1. The Hall–Kier alpha value is -2.28. The Labute approximate surface area is 157 Å². The summed E-state index contributed by atoms with van der Waals surface area (Å²) in [4.78, 5) is 27.7. The Morgan fingerprint density at radius 2 is 1.76 bits per heavy atom. The van der Waals surface area contributed by atoms with Gasteiger partial charge in [-0.1, -0.05) is 29.3 Å². The lowest BCUT2D eigenvalue weighted by molar-refractivity contribution is -0.115. The van der Waals surface area contributed by atoms with Crippen molar-refractivity contribution in [3.63, 3.8) is 0 Å². The maximum atomic E-state index is 12.1. The number of carboxylic acids is 1. The lowest BCUT2D eigenvalue weighted by atomic mass is 10.2. The predicted octanol–water partition coefficient (Wildman–Crippen LogP) is 4.58. The van der Waals surface area contributed by atoms with Gasteiger partial charge in [0, 0.05) is 15.6 Å². The first-order chi connectivity index (χ1) is 11.9.